The highest BCUT2D eigenvalue weighted by Gasteiger charge is 2.40. The minimum absolute atomic E-state index is 0.0257. The Bertz CT molecular complexity index is 1030. The Morgan fingerprint density at radius 3 is 2.43 bits per heavy atom. The topological polar surface area (TPSA) is 129 Å². The second-order valence-electron chi connectivity index (χ2n) is 12.0. The molecule has 238 valence electrons. The number of carboxylic acid groups (broad SMARTS) is 1. The van der Waals surface area contributed by atoms with E-state index in [0.29, 0.717) is 18.0 Å². The molecule has 1 aliphatic heterocycles. The van der Waals surface area contributed by atoms with E-state index in [0.717, 1.165) is 62.8 Å². The molecule has 1 fully saturated rings. The van der Waals surface area contributed by atoms with E-state index in [2.05, 4.69) is 22.1 Å². The maximum Gasteiger partial charge on any atom is 0.355 e. The zero-order valence-electron chi connectivity index (χ0n) is 26.6. The van der Waals surface area contributed by atoms with E-state index in [1.165, 1.54) is 12.3 Å². The number of ether oxygens (including phenoxy) is 1. The number of likely N-dealkylation sites (tertiary alicyclic amines) is 1. The van der Waals surface area contributed by atoms with Gasteiger partial charge in [-0.3, -0.25) is 19.3 Å². The molecule has 2 N–H and O–H groups in total. The van der Waals surface area contributed by atoms with Crippen molar-refractivity contribution in [1.29, 1.82) is 0 Å². The first-order valence-corrected chi connectivity index (χ1v) is 16.5. The molecule has 5 atom stereocenters. The third-order valence-electron chi connectivity index (χ3n) is 8.33. The molecule has 0 aromatic carbocycles. The number of nitrogens with one attached hydrogen (secondary N) is 1. The van der Waals surface area contributed by atoms with Crippen LogP contribution in [-0.4, -0.2) is 76.0 Å². The van der Waals surface area contributed by atoms with Crippen molar-refractivity contribution in [2.75, 3.05) is 20.1 Å². The van der Waals surface area contributed by atoms with Crippen LogP contribution in [0, 0.1) is 17.8 Å². The molecule has 0 spiro atoms. The Labute approximate surface area is 255 Å². The molecule has 1 aliphatic rings. The first-order chi connectivity index (χ1) is 19.9. The highest BCUT2D eigenvalue weighted by Crippen LogP contribution is 2.32. The number of piperidine rings is 1. The number of aromatic carboxylic acids is 1. The van der Waals surface area contributed by atoms with Crippen molar-refractivity contribution < 1.29 is 29.0 Å². The van der Waals surface area contributed by atoms with Crippen LogP contribution >= 0.6 is 11.3 Å². The summed E-state index contributed by atoms with van der Waals surface area (Å²) in [5.41, 5.74) is -0.109. The number of nitrogens with zero attached hydrogens (tertiary/aromatic N) is 3. The summed E-state index contributed by atoms with van der Waals surface area (Å²) in [6, 6.07) is -0.364. The summed E-state index contributed by atoms with van der Waals surface area (Å²) in [4.78, 5) is 60.1. The van der Waals surface area contributed by atoms with Gasteiger partial charge in [-0.1, -0.05) is 60.3 Å². The van der Waals surface area contributed by atoms with Crippen LogP contribution in [0.2, 0.25) is 0 Å². The molecular weight excluding hydrogens is 556 g/mol. The maximum atomic E-state index is 14.5. The number of esters is 1. The fraction of sp³-hybridized carbons (Fsp3) is 0.774. The monoisotopic (exact) mass is 608 g/mol. The van der Waals surface area contributed by atoms with Gasteiger partial charge in [-0.05, 0) is 51.1 Å². The number of rotatable bonds is 17. The van der Waals surface area contributed by atoms with Crippen LogP contribution < -0.4 is 5.32 Å². The van der Waals surface area contributed by atoms with Crippen LogP contribution in [0.4, 0.5) is 0 Å². The van der Waals surface area contributed by atoms with Gasteiger partial charge in [0.2, 0.25) is 11.8 Å². The van der Waals surface area contributed by atoms with Gasteiger partial charge in [-0.25, -0.2) is 9.78 Å². The highest BCUT2D eigenvalue weighted by atomic mass is 32.1. The van der Waals surface area contributed by atoms with Gasteiger partial charge in [0.05, 0.1) is 6.17 Å². The van der Waals surface area contributed by atoms with Gasteiger partial charge in [0.1, 0.15) is 10.9 Å². The Morgan fingerprint density at radius 1 is 1.17 bits per heavy atom. The molecule has 2 heterocycles. The van der Waals surface area contributed by atoms with Gasteiger partial charge in [0.25, 0.3) is 0 Å². The molecule has 0 saturated carbocycles. The summed E-state index contributed by atoms with van der Waals surface area (Å²) in [6.45, 7) is 12.8. The lowest BCUT2D eigenvalue weighted by Gasteiger charge is -2.40. The fourth-order valence-electron chi connectivity index (χ4n) is 5.60. The maximum absolute atomic E-state index is 14.5. The third-order valence-corrected chi connectivity index (χ3v) is 9.26. The standard InChI is InChI=1S/C31H52N4O6S/c1-8-10-11-13-17-35(30(38)27(21(5)9-2)28(37)33-26-15-12-14-16-34(26)7)24(20(3)4)18-25(41-22(6)36)29-32-23(19-42-29)31(39)40/h19-21,24-27H,8-18H2,1-7H3,(H,33,37)(H,39,40)/t21-,24+,25+,26+,27-/m0/s1. The first-order valence-electron chi connectivity index (χ1n) is 15.6. The summed E-state index contributed by atoms with van der Waals surface area (Å²) in [6.07, 6.45) is 6.86. The van der Waals surface area contributed by atoms with Gasteiger partial charge < -0.3 is 20.1 Å². The molecule has 42 heavy (non-hydrogen) atoms. The minimum Gasteiger partial charge on any atom is -0.476 e. The molecule has 2 amide bonds. The zero-order valence-corrected chi connectivity index (χ0v) is 27.4. The van der Waals surface area contributed by atoms with Crippen molar-refractivity contribution >= 4 is 35.1 Å². The number of unbranched alkanes of at least 4 members (excludes halogenated alkanes) is 3. The van der Waals surface area contributed by atoms with Gasteiger partial charge in [-0.2, -0.15) is 0 Å². The summed E-state index contributed by atoms with van der Waals surface area (Å²) >= 11 is 1.12. The van der Waals surface area contributed by atoms with Crippen molar-refractivity contribution in [3.63, 3.8) is 0 Å². The SMILES string of the molecule is CCCCCCN(C(=O)[C@H](C(=O)N[C@H]1CCCCN1C)[C@@H](C)CC)[C@H](C[C@@H](OC(C)=O)c1nc(C(=O)O)cs1)C(C)C. The number of amides is 2. The van der Waals surface area contributed by atoms with Crippen molar-refractivity contribution in [2.24, 2.45) is 17.8 Å². The van der Waals surface area contributed by atoms with Crippen molar-refractivity contribution in [2.45, 2.75) is 118 Å². The fourth-order valence-corrected chi connectivity index (χ4v) is 6.43. The molecule has 1 saturated heterocycles. The normalized spacial score (nSPS) is 18.6. The summed E-state index contributed by atoms with van der Waals surface area (Å²) in [7, 11) is 2.00. The summed E-state index contributed by atoms with van der Waals surface area (Å²) in [5, 5.41) is 14.4. The molecule has 10 nitrogen and oxygen atoms in total. The number of thiazole rings is 1. The van der Waals surface area contributed by atoms with E-state index in [9.17, 15) is 24.3 Å². The van der Waals surface area contributed by atoms with Crippen LogP contribution in [0.1, 0.15) is 121 Å². The largest absolute Gasteiger partial charge is 0.476 e. The summed E-state index contributed by atoms with van der Waals surface area (Å²) in [5.74, 6) is -3.15. The third kappa shape index (κ3) is 10.3. The molecule has 0 aliphatic carbocycles. The van der Waals surface area contributed by atoms with E-state index in [1.54, 1.807) is 0 Å². The van der Waals surface area contributed by atoms with Crippen LogP contribution in [-0.2, 0) is 19.1 Å². The number of carbonyl (C=O) groups is 4. The number of aromatic nitrogens is 1. The molecular formula is C31H52N4O6S. The Morgan fingerprint density at radius 2 is 1.88 bits per heavy atom. The highest BCUT2D eigenvalue weighted by molar-refractivity contribution is 7.09. The molecule has 0 bridgehead atoms. The van der Waals surface area contributed by atoms with Crippen molar-refractivity contribution in [3.8, 4) is 0 Å². The number of carboxylic acids is 1. The Kier molecular flexibility index (Phi) is 14.9. The quantitative estimate of drug-likeness (QED) is 0.135. The second kappa shape index (κ2) is 17.6. The van der Waals surface area contributed by atoms with E-state index < -0.39 is 24.0 Å². The first kappa shape index (κ1) is 35.7. The van der Waals surface area contributed by atoms with Gasteiger partial charge >= 0.3 is 11.9 Å². The average Bonchev–Trinajstić information content (AvgIpc) is 3.43. The lowest BCUT2D eigenvalue weighted by atomic mass is 9.87. The summed E-state index contributed by atoms with van der Waals surface area (Å²) < 4.78 is 5.67. The van der Waals surface area contributed by atoms with Crippen LogP contribution in [0.15, 0.2) is 5.38 Å². The van der Waals surface area contributed by atoms with E-state index in [-0.39, 0.29) is 48.0 Å². The lowest BCUT2D eigenvalue weighted by molar-refractivity contribution is -0.151. The number of hydrogen-bond acceptors (Lipinski definition) is 8. The second-order valence-corrected chi connectivity index (χ2v) is 12.9. The molecule has 0 radical (unpaired) electrons. The molecule has 1 aromatic rings. The van der Waals surface area contributed by atoms with Gasteiger partial charge in [-0.15, -0.1) is 11.3 Å². The van der Waals surface area contributed by atoms with E-state index in [4.69, 9.17) is 4.74 Å². The average molecular weight is 609 g/mol. The Balaban J connectivity index is 2.45. The molecule has 1 aromatic heterocycles. The van der Waals surface area contributed by atoms with Crippen molar-refractivity contribution in [1.82, 2.24) is 20.1 Å². The molecule has 11 heteroatoms. The number of hydrogen-bond donors (Lipinski definition) is 2. The van der Waals surface area contributed by atoms with Gasteiger partial charge in [0, 0.05) is 31.3 Å². The van der Waals surface area contributed by atoms with Crippen LogP contribution in [0.25, 0.3) is 0 Å². The van der Waals surface area contributed by atoms with Crippen LogP contribution in [0.5, 0.6) is 0 Å². The van der Waals surface area contributed by atoms with E-state index >= 15 is 0 Å². The predicted molar refractivity (Wildman–Crippen MR) is 164 cm³/mol. The smallest absolute Gasteiger partial charge is 0.355 e. The lowest BCUT2D eigenvalue weighted by Crippen LogP contribution is -2.56. The Hall–Kier alpha value is -2.53. The van der Waals surface area contributed by atoms with Crippen LogP contribution in [0.3, 0.4) is 0 Å². The number of carbonyl (C=O) groups excluding carboxylic acids is 3. The minimum atomic E-state index is -1.15. The van der Waals surface area contributed by atoms with Crippen molar-refractivity contribution in [3.05, 3.63) is 16.1 Å². The van der Waals surface area contributed by atoms with E-state index in [1.807, 2.05) is 39.6 Å². The zero-order chi connectivity index (χ0) is 31.4. The molecule has 0 unspecified atom stereocenters. The predicted octanol–water partition coefficient (Wildman–Crippen LogP) is 5.49. The molecule has 2 rings (SSSR count). The van der Waals surface area contributed by atoms with Gasteiger partial charge in [0.15, 0.2) is 11.8 Å².